The second-order valence-corrected chi connectivity index (χ2v) is 9.81. The first-order chi connectivity index (χ1) is 15.3. The Balaban J connectivity index is 1.61. The number of carbonyl (C=O) groups is 1. The highest BCUT2D eigenvalue weighted by Crippen LogP contribution is 2.23. The van der Waals surface area contributed by atoms with Crippen molar-refractivity contribution in [1.82, 2.24) is 14.1 Å². The molecule has 0 aliphatic carbocycles. The molecule has 1 aliphatic rings. The Hall–Kier alpha value is -2.75. The van der Waals surface area contributed by atoms with E-state index in [1.807, 2.05) is 30.3 Å². The molecule has 0 bridgehead atoms. The Bertz CT molecular complexity index is 1040. The lowest BCUT2D eigenvalue weighted by Crippen LogP contribution is -2.53. The number of benzene rings is 2. The summed E-state index contributed by atoms with van der Waals surface area (Å²) in [6, 6.07) is 15.6. The average Bonchev–Trinajstić information content (AvgIpc) is 2.79. The number of para-hydroxylation sites is 1. The third-order valence-electron chi connectivity index (χ3n) is 5.34. The number of carbonyl (C=O) groups excluding carboxylic acids is 1. The highest BCUT2D eigenvalue weighted by atomic mass is 32.2. The molecule has 0 N–H and O–H groups in total. The van der Waals surface area contributed by atoms with E-state index < -0.39 is 22.6 Å². The smallest absolute Gasteiger partial charge is 0.304 e. The Morgan fingerprint density at radius 3 is 2.25 bits per heavy atom. The molecule has 0 spiro atoms. The molecule has 1 saturated heterocycles. The van der Waals surface area contributed by atoms with Gasteiger partial charge in [0.25, 0.3) is 0 Å². The molecule has 2 aromatic rings. The summed E-state index contributed by atoms with van der Waals surface area (Å²) in [5.41, 5.74) is 0.996. The molecular weight excluding hydrogens is 431 g/mol. The number of amides is 1. The molecule has 0 unspecified atom stereocenters. The van der Waals surface area contributed by atoms with Gasteiger partial charge in [0.2, 0.25) is 5.91 Å². The van der Waals surface area contributed by atoms with Crippen LogP contribution in [0.3, 0.4) is 0 Å². The molecule has 2 aromatic carbocycles. The number of hydrogen-bond acceptors (Lipinski definition) is 4. The van der Waals surface area contributed by atoms with Crippen molar-refractivity contribution < 1.29 is 17.6 Å². The fraction of sp³-hybridized carbons (Fsp3) is 0.348. The quantitative estimate of drug-likeness (QED) is 0.607. The first-order valence-electron chi connectivity index (χ1n) is 10.5. The topological polar surface area (TPSA) is 64.2 Å². The number of nitrogens with zero attached hydrogens (tertiary/aromatic N) is 4. The minimum atomic E-state index is -4.04. The maximum Gasteiger partial charge on any atom is 0.304 e. The summed E-state index contributed by atoms with van der Waals surface area (Å²) < 4.78 is 41.7. The molecule has 0 saturated carbocycles. The van der Waals surface area contributed by atoms with Gasteiger partial charge in [-0.15, -0.1) is 0 Å². The van der Waals surface area contributed by atoms with E-state index in [1.54, 1.807) is 11.0 Å². The van der Waals surface area contributed by atoms with E-state index in [0.29, 0.717) is 26.2 Å². The minimum absolute atomic E-state index is 0.140. The van der Waals surface area contributed by atoms with Crippen LogP contribution in [-0.4, -0.2) is 81.8 Å². The van der Waals surface area contributed by atoms with E-state index in [4.69, 9.17) is 0 Å². The molecule has 1 fully saturated rings. The zero-order chi connectivity index (χ0) is 23.1. The largest absolute Gasteiger partial charge is 0.339 e. The lowest BCUT2D eigenvalue weighted by atomic mass is 10.2. The zero-order valence-corrected chi connectivity index (χ0v) is 19.2. The van der Waals surface area contributed by atoms with Crippen LogP contribution in [0.1, 0.15) is 5.56 Å². The molecule has 0 radical (unpaired) electrons. The van der Waals surface area contributed by atoms with Crippen LogP contribution in [0.25, 0.3) is 6.08 Å². The fourth-order valence-electron chi connectivity index (χ4n) is 3.45. The lowest BCUT2D eigenvalue weighted by Gasteiger charge is -2.36. The van der Waals surface area contributed by atoms with Gasteiger partial charge >= 0.3 is 10.2 Å². The zero-order valence-electron chi connectivity index (χ0n) is 18.4. The van der Waals surface area contributed by atoms with Crippen molar-refractivity contribution in [2.45, 2.75) is 0 Å². The number of rotatable bonds is 8. The second kappa shape index (κ2) is 10.7. The highest BCUT2D eigenvalue weighted by molar-refractivity contribution is 7.90. The number of anilines is 1. The number of halogens is 1. The SMILES string of the molecule is CN(C)S(=O)(=O)N(CC(=O)N1CCN(C/C=C/c2ccccc2)CC1)c1ccccc1F. The van der Waals surface area contributed by atoms with Crippen molar-refractivity contribution in [2.24, 2.45) is 0 Å². The van der Waals surface area contributed by atoms with Gasteiger partial charge in [0.05, 0.1) is 5.69 Å². The van der Waals surface area contributed by atoms with Crippen molar-refractivity contribution in [3.63, 3.8) is 0 Å². The van der Waals surface area contributed by atoms with Gasteiger partial charge in [0, 0.05) is 46.8 Å². The molecule has 32 heavy (non-hydrogen) atoms. The Kier molecular flexibility index (Phi) is 8.00. The first-order valence-corrected chi connectivity index (χ1v) is 11.8. The van der Waals surface area contributed by atoms with Gasteiger partial charge in [-0.3, -0.25) is 9.69 Å². The molecule has 1 aliphatic heterocycles. The minimum Gasteiger partial charge on any atom is -0.339 e. The van der Waals surface area contributed by atoms with Crippen LogP contribution in [0.15, 0.2) is 60.7 Å². The summed E-state index contributed by atoms with van der Waals surface area (Å²) in [6.45, 7) is 2.68. The summed E-state index contributed by atoms with van der Waals surface area (Å²) in [5.74, 6) is -1.04. The molecule has 9 heteroatoms. The van der Waals surface area contributed by atoms with Crippen LogP contribution in [-0.2, 0) is 15.0 Å². The van der Waals surface area contributed by atoms with E-state index in [-0.39, 0.29) is 11.6 Å². The maximum absolute atomic E-state index is 14.4. The van der Waals surface area contributed by atoms with Crippen molar-refractivity contribution in [3.05, 3.63) is 72.1 Å². The van der Waals surface area contributed by atoms with E-state index >= 15 is 0 Å². The van der Waals surface area contributed by atoms with Crippen LogP contribution in [0.5, 0.6) is 0 Å². The highest BCUT2D eigenvalue weighted by Gasteiger charge is 2.31. The van der Waals surface area contributed by atoms with Gasteiger partial charge in [0.1, 0.15) is 12.4 Å². The summed E-state index contributed by atoms with van der Waals surface area (Å²) in [5, 5.41) is 0. The summed E-state index contributed by atoms with van der Waals surface area (Å²) in [6.07, 6.45) is 4.16. The standard InChI is InChI=1S/C23H29FN4O3S/c1-25(2)32(30,31)28(22-13-7-6-12-21(22)24)19-23(29)27-17-15-26(16-18-27)14-8-11-20-9-4-3-5-10-20/h3-13H,14-19H2,1-2H3/b11-8+. The van der Waals surface area contributed by atoms with Crippen molar-refractivity contribution in [1.29, 1.82) is 0 Å². The normalized spacial score (nSPS) is 15.4. The number of hydrogen-bond donors (Lipinski definition) is 0. The van der Waals surface area contributed by atoms with Crippen molar-refractivity contribution >= 4 is 27.9 Å². The van der Waals surface area contributed by atoms with Gasteiger partial charge in [-0.25, -0.2) is 8.70 Å². The molecule has 1 amide bonds. The first kappa shape index (κ1) is 23.9. The molecule has 1 heterocycles. The van der Waals surface area contributed by atoms with Crippen LogP contribution < -0.4 is 4.31 Å². The molecule has 3 rings (SSSR count). The third kappa shape index (κ3) is 5.93. The van der Waals surface area contributed by atoms with Gasteiger partial charge in [0.15, 0.2) is 0 Å². The van der Waals surface area contributed by atoms with E-state index in [1.165, 1.54) is 32.3 Å². The van der Waals surface area contributed by atoms with Crippen LogP contribution >= 0.6 is 0 Å². The van der Waals surface area contributed by atoms with Gasteiger partial charge in [-0.2, -0.15) is 12.7 Å². The van der Waals surface area contributed by atoms with E-state index in [0.717, 1.165) is 20.7 Å². The monoisotopic (exact) mass is 460 g/mol. The van der Waals surface area contributed by atoms with Gasteiger partial charge < -0.3 is 4.90 Å². The fourth-order valence-corrected chi connectivity index (χ4v) is 4.51. The van der Waals surface area contributed by atoms with Crippen molar-refractivity contribution in [2.75, 3.05) is 57.7 Å². The molecule has 0 atom stereocenters. The third-order valence-corrected chi connectivity index (χ3v) is 7.14. The van der Waals surface area contributed by atoms with Gasteiger partial charge in [-0.1, -0.05) is 54.6 Å². The van der Waals surface area contributed by atoms with E-state index in [9.17, 15) is 17.6 Å². The predicted octanol–water partition coefficient (Wildman–Crippen LogP) is 2.30. The Morgan fingerprint density at radius 2 is 1.62 bits per heavy atom. The maximum atomic E-state index is 14.4. The van der Waals surface area contributed by atoms with Crippen molar-refractivity contribution in [3.8, 4) is 0 Å². The Labute approximate surface area is 189 Å². The molecule has 0 aromatic heterocycles. The molecular formula is C23H29FN4O3S. The lowest BCUT2D eigenvalue weighted by molar-refractivity contribution is -0.131. The molecule has 7 nitrogen and oxygen atoms in total. The predicted molar refractivity (Wildman–Crippen MR) is 125 cm³/mol. The Morgan fingerprint density at radius 1 is 1.00 bits per heavy atom. The van der Waals surface area contributed by atoms with Crippen LogP contribution in [0.2, 0.25) is 0 Å². The van der Waals surface area contributed by atoms with E-state index in [2.05, 4.69) is 17.1 Å². The van der Waals surface area contributed by atoms with Crippen LogP contribution in [0, 0.1) is 5.82 Å². The van der Waals surface area contributed by atoms with Crippen LogP contribution in [0.4, 0.5) is 10.1 Å². The summed E-state index contributed by atoms with van der Waals surface area (Å²) in [7, 11) is -1.32. The summed E-state index contributed by atoms with van der Waals surface area (Å²) in [4.78, 5) is 16.8. The molecule has 172 valence electrons. The average molecular weight is 461 g/mol. The summed E-state index contributed by atoms with van der Waals surface area (Å²) >= 11 is 0. The van der Waals surface area contributed by atoms with Gasteiger partial charge in [-0.05, 0) is 17.7 Å². The second-order valence-electron chi connectivity index (χ2n) is 7.74. The number of piperazine rings is 1.